The van der Waals surface area contributed by atoms with Gasteiger partial charge < -0.3 is 5.32 Å². The van der Waals surface area contributed by atoms with E-state index in [1.54, 1.807) is 0 Å². The molecule has 2 heteroatoms. The maximum Gasteiger partial charge on any atom is 0.0606 e. The molecule has 2 heterocycles. The second-order valence-electron chi connectivity index (χ2n) is 4.79. The molecule has 2 atom stereocenters. The number of hydrogen-bond acceptors (Lipinski definition) is 2. The van der Waals surface area contributed by atoms with Gasteiger partial charge in [0.25, 0.3) is 0 Å². The van der Waals surface area contributed by atoms with Gasteiger partial charge in [0.2, 0.25) is 0 Å². The molecule has 84 valence electrons. The Labute approximate surface area is 93.4 Å². The quantitative estimate of drug-likeness (QED) is 0.691. The van der Waals surface area contributed by atoms with Crippen LogP contribution in [0.1, 0.15) is 39.0 Å². The lowest BCUT2D eigenvalue weighted by Gasteiger charge is -2.48. The van der Waals surface area contributed by atoms with Crippen molar-refractivity contribution in [2.75, 3.05) is 13.6 Å². The molecule has 0 aliphatic carbocycles. The SMILES string of the molecule is CC#CCN1C2CCCC1CC(NC)C2. The van der Waals surface area contributed by atoms with Gasteiger partial charge in [0, 0.05) is 18.1 Å². The van der Waals surface area contributed by atoms with Gasteiger partial charge in [-0.25, -0.2) is 0 Å². The summed E-state index contributed by atoms with van der Waals surface area (Å²) in [6.45, 7) is 2.93. The molecule has 2 rings (SSSR count). The Morgan fingerprint density at radius 3 is 2.47 bits per heavy atom. The molecule has 0 aromatic heterocycles. The van der Waals surface area contributed by atoms with Crippen LogP contribution in [0.3, 0.4) is 0 Å². The van der Waals surface area contributed by atoms with Crippen LogP contribution in [-0.2, 0) is 0 Å². The molecule has 1 N–H and O–H groups in total. The standard InChI is InChI=1S/C13H22N2/c1-3-4-8-15-12-6-5-7-13(15)10-11(9-12)14-2/h11-14H,5-10H2,1-2H3. The summed E-state index contributed by atoms with van der Waals surface area (Å²) >= 11 is 0. The summed E-state index contributed by atoms with van der Waals surface area (Å²) in [4.78, 5) is 2.65. The maximum atomic E-state index is 3.45. The lowest BCUT2D eigenvalue weighted by molar-refractivity contribution is 0.0383. The van der Waals surface area contributed by atoms with Crippen LogP contribution < -0.4 is 5.32 Å². The van der Waals surface area contributed by atoms with Crippen molar-refractivity contribution in [1.29, 1.82) is 0 Å². The van der Waals surface area contributed by atoms with Crippen molar-refractivity contribution < 1.29 is 0 Å². The third-order valence-corrected chi connectivity index (χ3v) is 3.97. The lowest BCUT2D eigenvalue weighted by Crippen LogP contribution is -2.55. The molecule has 2 saturated heterocycles. The van der Waals surface area contributed by atoms with E-state index in [2.05, 4.69) is 29.1 Å². The zero-order valence-electron chi connectivity index (χ0n) is 9.92. The van der Waals surface area contributed by atoms with Crippen LogP contribution in [0, 0.1) is 11.8 Å². The van der Waals surface area contributed by atoms with Crippen LogP contribution in [0.5, 0.6) is 0 Å². The monoisotopic (exact) mass is 206 g/mol. The van der Waals surface area contributed by atoms with E-state index in [-0.39, 0.29) is 0 Å². The topological polar surface area (TPSA) is 15.3 Å². The summed E-state index contributed by atoms with van der Waals surface area (Å²) in [6, 6.07) is 2.32. The molecular weight excluding hydrogens is 184 g/mol. The van der Waals surface area contributed by atoms with E-state index in [0.717, 1.165) is 24.7 Å². The number of nitrogens with one attached hydrogen (secondary N) is 1. The molecule has 0 spiro atoms. The summed E-state index contributed by atoms with van der Waals surface area (Å²) < 4.78 is 0. The van der Waals surface area contributed by atoms with Gasteiger partial charge in [-0.05, 0) is 39.7 Å². The Hall–Kier alpha value is -0.520. The van der Waals surface area contributed by atoms with Crippen LogP contribution in [0.25, 0.3) is 0 Å². The molecular formula is C13H22N2. The second-order valence-corrected chi connectivity index (χ2v) is 4.79. The molecule has 15 heavy (non-hydrogen) atoms. The van der Waals surface area contributed by atoms with E-state index in [0.29, 0.717) is 0 Å². The highest BCUT2D eigenvalue weighted by atomic mass is 15.2. The largest absolute Gasteiger partial charge is 0.317 e. The van der Waals surface area contributed by atoms with E-state index in [9.17, 15) is 0 Å². The van der Waals surface area contributed by atoms with Gasteiger partial charge >= 0.3 is 0 Å². The van der Waals surface area contributed by atoms with Gasteiger partial charge in [0.15, 0.2) is 0 Å². The smallest absolute Gasteiger partial charge is 0.0606 e. The second kappa shape index (κ2) is 5.01. The van der Waals surface area contributed by atoms with E-state index in [1.807, 2.05) is 6.92 Å². The Morgan fingerprint density at radius 2 is 1.93 bits per heavy atom. The summed E-state index contributed by atoms with van der Waals surface area (Å²) in [7, 11) is 2.10. The fraction of sp³-hybridized carbons (Fsp3) is 0.846. The van der Waals surface area contributed by atoms with Crippen LogP contribution in [0.4, 0.5) is 0 Å². The predicted octanol–water partition coefficient (Wildman–Crippen LogP) is 1.61. The van der Waals surface area contributed by atoms with Crippen LogP contribution in [0.2, 0.25) is 0 Å². The summed E-state index contributed by atoms with van der Waals surface area (Å²) in [5.74, 6) is 6.26. The predicted molar refractivity (Wildman–Crippen MR) is 63.7 cm³/mol. The first-order valence-corrected chi connectivity index (χ1v) is 6.17. The first-order valence-electron chi connectivity index (χ1n) is 6.17. The van der Waals surface area contributed by atoms with Crippen LogP contribution >= 0.6 is 0 Å². The first kappa shape index (κ1) is 11.0. The number of piperidine rings is 2. The highest BCUT2D eigenvalue weighted by Gasteiger charge is 2.36. The zero-order valence-corrected chi connectivity index (χ0v) is 9.92. The van der Waals surface area contributed by atoms with Crippen LogP contribution in [0.15, 0.2) is 0 Å². The third kappa shape index (κ3) is 2.35. The fourth-order valence-electron chi connectivity index (χ4n) is 3.14. The molecule has 2 aliphatic heterocycles. The molecule has 2 nitrogen and oxygen atoms in total. The number of hydrogen-bond donors (Lipinski definition) is 1. The molecule has 0 amide bonds. The lowest BCUT2D eigenvalue weighted by atomic mass is 9.82. The zero-order chi connectivity index (χ0) is 10.7. The minimum atomic E-state index is 0.742. The maximum absolute atomic E-state index is 3.45. The number of rotatable bonds is 2. The van der Waals surface area contributed by atoms with E-state index in [1.165, 1.54) is 32.1 Å². The Morgan fingerprint density at radius 1 is 1.27 bits per heavy atom. The first-order chi connectivity index (χ1) is 7.35. The average molecular weight is 206 g/mol. The van der Waals surface area contributed by atoms with Gasteiger partial charge in [-0.1, -0.05) is 12.3 Å². The molecule has 0 saturated carbocycles. The summed E-state index contributed by atoms with van der Waals surface area (Å²) in [6.07, 6.45) is 6.80. The van der Waals surface area contributed by atoms with Crippen molar-refractivity contribution in [2.45, 2.75) is 57.2 Å². The van der Waals surface area contributed by atoms with Gasteiger partial charge in [0.05, 0.1) is 6.54 Å². The number of nitrogens with zero attached hydrogens (tertiary/aromatic N) is 1. The van der Waals surface area contributed by atoms with E-state index >= 15 is 0 Å². The third-order valence-electron chi connectivity index (χ3n) is 3.97. The molecule has 2 unspecified atom stereocenters. The van der Waals surface area contributed by atoms with Crippen molar-refractivity contribution in [2.24, 2.45) is 0 Å². The van der Waals surface area contributed by atoms with Gasteiger partial charge in [-0.3, -0.25) is 4.90 Å². The van der Waals surface area contributed by atoms with Crippen molar-refractivity contribution in [1.82, 2.24) is 10.2 Å². The Bertz CT molecular complexity index is 249. The van der Waals surface area contributed by atoms with Gasteiger partial charge in [-0.15, -0.1) is 5.92 Å². The molecule has 2 aliphatic rings. The Balaban J connectivity index is 2.02. The Kier molecular flexibility index (Phi) is 3.66. The summed E-state index contributed by atoms with van der Waals surface area (Å²) in [5, 5.41) is 3.45. The van der Waals surface area contributed by atoms with E-state index in [4.69, 9.17) is 0 Å². The van der Waals surface area contributed by atoms with Gasteiger partial charge in [0.1, 0.15) is 0 Å². The minimum absolute atomic E-state index is 0.742. The molecule has 0 aromatic carbocycles. The van der Waals surface area contributed by atoms with Gasteiger partial charge in [-0.2, -0.15) is 0 Å². The molecule has 2 fully saturated rings. The van der Waals surface area contributed by atoms with Crippen molar-refractivity contribution >= 4 is 0 Å². The normalized spacial score (nSPS) is 35.7. The van der Waals surface area contributed by atoms with Crippen molar-refractivity contribution in [3.63, 3.8) is 0 Å². The molecule has 0 radical (unpaired) electrons. The van der Waals surface area contributed by atoms with Crippen molar-refractivity contribution in [3.05, 3.63) is 0 Å². The number of fused-ring (bicyclic) bond motifs is 2. The molecule has 2 bridgehead atoms. The average Bonchev–Trinajstić information content (AvgIpc) is 2.25. The van der Waals surface area contributed by atoms with E-state index < -0.39 is 0 Å². The minimum Gasteiger partial charge on any atom is -0.317 e. The van der Waals surface area contributed by atoms with Crippen LogP contribution in [-0.4, -0.2) is 36.6 Å². The fourth-order valence-corrected chi connectivity index (χ4v) is 3.14. The highest BCUT2D eigenvalue weighted by Crippen LogP contribution is 2.33. The van der Waals surface area contributed by atoms with Crippen molar-refractivity contribution in [3.8, 4) is 11.8 Å². The summed E-state index contributed by atoms with van der Waals surface area (Å²) in [5.41, 5.74) is 0. The highest BCUT2D eigenvalue weighted by molar-refractivity contribution is 5.03. The molecule has 0 aromatic rings.